The van der Waals surface area contributed by atoms with Gasteiger partial charge in [-0.05, 0) is 19.1 Å². The summed E-state index contributed by atoms with van der Waals surface area (Å²) in [7, 11) is -3.60. The third kappa shape index (κ3) is 4.31. The van der Waals surface area contributed by atoms with Crippen LogP contribution in [0.15, 0.2) is 46.7 Å². The Balaban J connectivity index is 2.75. The van der Waals surface area contributed by atoms with E-state index in [4.69, 9.17) is 5.11 Å². The molecule has 0 heterocycles. The van der Waals surface area contributed by atoms with Gasteiger partial charge in [-0.3, -0.25) is 4.79 Å². The van der Waals surface area contributed by atoms with Gasteiger partial charge in [-0.1, -0.05) is 18.2 Å². The Morgan fingerprint density at radius 2 is 2.00 bits per heavy atom. The molecule has 5 nitrogen and oxygen atoms in total. The lowest BCUT2D eigenvalue weighted by Gasteiger charge is -2.07. The Labute approximate surface area is 106 Å². The van der Waals surface area contributed by atoms with Gasteiger partial charge in [-0.2, -0.15) is 0 Å². The predicted octanol–water partition coefficient (Wildman–Crippen LogP) is 0.471. The number of hydrogen-bond acceptors (Lipinski definition) is 4. The molecule has 0 saturated heterocycles. The fraction of sp³-hybridized carbons (Fsp3) is 0.250. The summed E-state index contributed by atoms with van der Waals surface area (Å²) in [4.78, 5) is 11.4. The maximum absolute atomic E-state index is 11.8. The first-order valence-electron chi connectivity index (χ1n) is 5.35. The number of rotatable bonds is 5. The Kier molecular flexibility index (Phi) is 5.06. The molecule has 0 aliphatic heterocycles. The van der Waals surface area contributed by atoms with E-state index in [2.05, 4.69) is 5.32 Å². The maximum atomic E-state index is 11.8. The molecule has 0 radical (unpaired) electrons. The summed E-state index contributed by atoms with van der Waals surface area (Å²) in [6.45, 7) is 1.41. The van der Waals surface area contributed by atoms with Gasteiger partial charge >= 0.3 is 0 Å². The minimum Gasteiger partial charge on any atom is -0.394 e. The van der Waals surface area contributed by atoms with E-state index < -0.39 is 21.8 Å². The molecular formula is C12H15NO4S. The zero-order valence-electron chi connectivity index (χ0n) is 9.91. The molecule has 1 rings (SSSR count). The van der Waals surface area contributed by atoms with Gasteiger partial charge < -0.3 is 10.4 Å². The molecule has 0 fully saturated rings. The van der Waals surface area contributed by atoms with Crippen LogP contribution in [0.3, 0.4) is 0 Å². The topological polar surface area (TPSA) is 83.5 Å². The van der Waals surface area contributed by atoms with Crippen LogP contribution >= 0.6 is 0 Å². The van der Waals surface area contributed by atoms with Gasteiger partial charge in [0.05, 0.1) is 11.5 Å². The smallest absolute Gasteiger partial charge is 0.244 e. The van der Waals surface area contributed by atoms with Crippen LogP contribution in [0.1, 0.15) is 6.92 Å². The number of carbonyl (C=O) groups is 1. The van der Waals surface area contributed by atoms with E-state index in [0.717, 1.165) is 11.5 Å². The van der Waals surface area contributed by atoms with E-state index in [0.29, 0.717) is 0 Å². The highest BCUT2D eigenvalue weighted by Gasteiger charge is 2.10. The summed E-state index contributed by atoms with van der Waals surface area (Å²) in [6.07, 6.45) is 0.939. The molecule has 0 unspecified atom stereocenters. The van der Waals surface area contributed by atoms with Crippen LogP contribution in [0.4, 0.5) is 0 Å². The zero-order chi connectivity index (χ0) is 13.6. The van der Waals surface area contributed by atoms with Crippen LogP contribution in [-0.4, -0.2) is 32.1 Å². The van der Waals surface area contributed by atoms with E-state index in [1.807, 2.05) is 0 Å². The second-order valence-electron chi connectivity index (χ2n) is 3.75. The zero-order valence-corrected chi connectivity index (χ0v) is 10.7. The molecule has 0 aromatic heterocycles. The molecule has 0 saturated carbocycles. The largest absolute Gasteiger partial charge is 0.394 e. The summed E-state index contributed by atoms with van der Waals surface area (Å²) in [5.74, 6) is -0.559. The van der Waals surface area contributed by atoms with Crippen molar-refractivity contribution in [2.75, 3.05) is 6.61 Å². The highest BCUT2D eigenvalue weighted by molar-refractivity contribution is 7.94. The van der Waals surface area contributed by atoms with E-state index in [1.54, 1.807) is 25.1 Å². The Hall–Kier alpha value is -1.66. The van der Waals surface area contributed by atoms with Crippen molar-refractivity contribution >= 4 is 15.7 Å². The number of carbonyl (C=O) groups excluding carboxylic acids is 1. The highest BCUT2D eigenvalue weighted by Crippen LogP contribution is 2.10. The fourth-order valence-electron chi connectivity index (χ4n) is 1.18. The standard InChI is InChI=1S/C12H15NO4S/c1-10(9-14)13-12(15)7-8-18(16,17)11-5-3-2-4-6-11/h2-8,10,14H,9H2,1H3,(H,13,15)/b8-7+/t10-/m0/s1. The van der Waals surface area contributed by atoms with Crippen LogP contribution in [0.25, 0.3) is 0 Å². The van der Waals surface area contributed by atoms with Gasteiger partial charge in [0.2, 0.25) is 5.91 Å². The molecule has 2 N–H and O–H groups in total. The van der Waals surface area contributed by atoms with Crippen molar-refractivity contribution in [1.82, 2.24) is 5.32 Å². The van der Waals surface area contributed by atoms with Crippen molar-refractivity contribution in [3.63, 3.8) is 0 Å². The first-order valence-corrected chi connectivity index (χ1v) is 6.90. The SMILES string of the molecule is C[C@@H](CO)NC(=O)/C=C/S(=O)(=O)c1ccccc1. The number of benzene rings is 1. The second-order valence-corrected chi connectivity index (χ2v) is 5.59. The number of sulfone groups is 1. The lowest BCUT2D eigenvalue weighted by Crippen LogP contribution is -2.33. The van der Waals surface area contributed by atoms with Crippen LogP contribution < -0.4 is 5.32 Å². The Morgan fingerprint density at radius 3 is 2.56 bits per heavy atom. The fourth-order valence-corrected chi connectivity index (χ4v) is 2.17. The van der Waals surface area contributed by atoms with Crippen molar-refractivity contribution in [3.8, 4) is 0 Å². The lowest BCUT2D eigenvalue weighted by atomic mass is 10.3. The van der Waals surface area contributed by atoms with Gasteiger partial charge in [0.25, 0.3) is 0 Å². The number of nitrogens with one attached hydrogen (secondary N) is 1. The van der Waals surface area contributed by atoms with Gasteiger partial charge in [0, 0.05) is 17.5 Å². The first-order chi connectivity index (χ1) is 8.45. The number of hydrogen-bond donors (Lipinski definition) is 2. The summed E-state index contributed by atoms with van der Waals surface area (Å²) in [5, 5.41) is 12.0. The Morgan fingerprint density at radius 1 is 1.39 bits per heavy atom. The molecule has 0 bridgehead atoms. The quantitative estimate of drug-likeness (QED) is 0.761. The molecule has 6 heteroatoms. The summed E-state index contributed by atoms with van der Waals surface area (Å²) in [6, 6.07) is 7.41. The lowest BCUT2D eigenvalue weighted by molar-refractivity contribution is -0.117. The molecule has 0 aliphatic rings. The maximum Gasteiger partial charge on any atom is 0.244 e. The average molecular weight is 269 g/mol. The summed E-state index contributed by atoms with van der Waals surface area (Å²) >= 11 is 0. The summed E-state index contributed by atoms with van der Waals surface area (Å²) < 4.78 is 23.6. The molecule has 18 heavy (non-hydrogen) atoms. The molecule has 1 aromatic rings. The highest BCUT2D eigenvalue weighted by atomic mass is 32.2. The predicted molar refractivity (Wildman–Crippen MR) is 67.5 cm³/mol. The van der Waals surface area contributed by atoms with Crippen molar-refractivity contribution in [1.29, 1.82) is 0 Å². The first kappa shape index (κ1) is 14.4. The van der Waals surface area contributed by atoms with Gasteiger partial charge in [-0.25, -0.2) is 8.42 Å². The van der Waals surface area contributed by atoms with E-state index in [1.165, 1.54) is 12.1 Å². The van der Waals surface area contributed by atoms with E-state index in [-0.39, 0.29) is 11.5 Å². The van der Waals surface area contributed by atoms with Crippen molar-refractivity contribution in [2.45, 2.75) is 17.9 Å². The van der Waals surface area contributed by atoms with Gasteiger partial charge in [-0.15, -0.1) is 0 Å². The number of aliphatic hydroxyl groups is 1. The minimum absolute atomic E-state index is 0.129. The molecule has 0 spiro atoms. The van der Waals surface area contributed by atoms with Crippen molar-refractivity contribution < 1.29 is 18.3 Å². The number of amides is 1. The Bertz CT molecular complexity index is 522. The van der Waals surface area contributed by atoms with Gasteiger partial charge in [0.1, 0.15) is 0 Å². The molecule has 98 valence electrons. The van der Waals surface area contributed by atoms with Crippen LogP contribution in [0, 0.1) is 0 Å². The average Bonchev–Trinajstić information content (AvgIpc) is 2.37. The van der Waals surface area contributed by atoms with E-state index >= 15 is 0 Å². The number of aliphatic hydroxyl groups excluding tert-OH is 1. The third-order valence-electron chi connectivity index (χ3n) is 2.13. The van der Waals surface area contributed by atoms with E-state index in [9.17, 15) is 13.2 Å². The third-order valence-corrected chi connectivity index (χ3v) is 3.56. The second kappa shape index (κ2) is 6.32. The van der Waals surface area contributed by atoms with Crippen LogP contribution in [-0.2, 0) is 14.6 Å². The molecule has 1 amide bonds. The summed E-state index contributed by atoms with van der Waals surface area (Å²) in [5.41, 5.74) is 0. The molecule has 1 atom stereocenters. The molecular weight excluding hydrogens is 254 g/mol. The van der Waals surface area contributed by atoms with Gasteiger partial charge in [0.15, 0.2) is 9.84 Å². The van der Waals surface area contributed by atoms with Crippen molar-refractivity contribution in [3.05, 3.63) is 41.8 Å². The minimum atomic E-state index is -3.60. The molecule has 0 aliphatic carbocycles. The monoisotopic (exact) mass is 269 g/mol. The normalized spacial score (nSPS) is 13.4. The van der Waals surface area contributed by atoms with Crippen LogP contribution in [0.5, 0.6) is 0 Å². The molecule has 1 aromatic carbocycles. The van der Waals surface area contributed by atoms with Crippen molar-refractivity contribution in [2.24, 2.45) is 0 Å². The van der Waals surface area contributed by atoms with Crippen LogP contribution in [0.2, 0.25) is 0 Å².